The second-order valence-electron chi connectivity index (χ2n) is 9.43. The van der Waals surface area contributed by atoms with Gasteiger partial charge < -0.3 is 15.1 Å². The Labute approximate surface area is 205 Å². The molecule has 1 heterocycles. The second-order valence-corrected chi connectivity index (χ2v) is 9.43. The molecule has 1 aliphatic rings. The van der Waals surface area contributed by atoms with E-state index in [2.05, 4.69) is 15.6 Å². The Morgan fingerprint density at radius 1 is 0.943 bits per heavy atom. The molecule has 2 amide bonds. The summed E-state index contributed by atoms with van der Waals surface area (Å²) >= 11 is 0. The van der Waals surface area contributed by atoms with Crippen LogP contribution in [0.4, 0.5) is 0 Å². The van der Waals surface area contributed by atoms with Crippen molar-refractivity contribution in [2.75, 3.05) is 0 Å². The molecular weight excluding hydrogens is 442 g/mol. The molecule has 1 fully saturated rings. The van der Waals surface area contributed by atoms with E-state index in [1.165, 1.54) is 13.3 Å². The number of Topliss-reactive ketones (excluding diaryl/α,β-unsaturated/α-hetero) is 1. The minimum absolute atomic E-state index is 0.0204. The molecule has 2 N–H and O–H groups in total. The fourth-order valence-corrected chi connectivity index (χ4v) is 4.86. The Bertz CT molecular complexity index is 1120. The summed E-state index contributed by atoms with van der Waals surface area (Å²) in [5.74, 6) is -0.597. The van der Waals surface area contributed by atoms with Crippen LogP contribution in [0.2, 0.25) is 0 Å². The van der Waals surface area contributed by atoms with Crippen LogP contribution in [0.3, 0.4) is 0 Å². The number of carbonyl (C=O) groups is 3. The average molecular weight is 476 g/mol. The van der Waals surface area contributed by atoms with E-state index in [9.17, 15) is 14.4 Å². The Hall–Kier alpha value is -3.48. The summed E-state index contributed by atoms with van der Waals surface area (Å²) in [7, 11) is 0. The van der Waals surface area contributed by atoms with E-state index in [0.717, 1.165) is 31.2 Å². The third-order valence-corrected chi connectivity index (χ3v) is 6.69. The van der Waals surface area contributed by atoms with E-state index < -0.39 is 12.1 Å². The molecule has 1 saturated carbocycles. The summed E-state index contributed by atoms with van der Waals surface area (Å²) in [6.07, 6.45) is 7.20. The van der Waals surface area contributed by atoms with Gasteiger partial charge in [0, 0.05) is 6.92 Å². The first kappa shape index (κ1) is 24.6. The maximum Gasteiger partial charge on any atom is 0.266 e. The van der Waals surface area contributed by atoms with Crippen LogP contribution in [-0.2, 0) is 16.0 Å². The molecule has 1 aromatic heterocycles. The number of hydrogen-bond acceptors (Lipinski definition) is 5. The summed E-state index contributed by atoms with van der Waals surface area (Å²) < 4.78 is 5.71. The zero-order valence-corrected chi connectivity index (χ0v) is 20.2. The van der Waals surface area contributed by atoms with Gasteiger partial charge in [0.2, 0.25) is 17.6 Å². The number of benzene rings is 2. The number of nitrogens with one attached hydrogen (secondary N) is 2. The summed E-state index contributed by atoms with van der Waals surface area (Å²) in [5, 5.41) is 5.73. The molecule has 0 aliphatic heterocycles. The lowest BCUT2D eigenvalue weighted by Gasteiger charge is -2.27. The summed E-state index contributed by atoms with van der Waals surface area (Å²) in [5.41, 5.74) is 2.19. The molecular formula is C28H33N3O4. The van der Waals surface area contributed by atoms with Crippen molar-refractivity contribution in [3.8, 4) is 0 Å². The molecule has 1 aliphatic carbocycles. The lowest BCUT2D eigenvalue weighted by molar-refractivity contribution is -0.129. The fourth-order valence-electron chi connectivity index (χ4n) is 4.86. The van der Waals surface area contributed by atoms with Crippen molar-refractivity contribution in [1.82, 2.24) is 15.6 Å². The van der Waals surface area contributed by atoms with Crippen molar-refractivity contribution >= 4 is 28.7 Å². The molecule has 0 unspecified atom stereocenters. The van der Waals surface area contributed by atoms with E-state index in [1.807, 2.05) is 42.5 Å². The molecule has 2 atom stereocenters. The Kier molecular flexibility index (Phi) is 8.29. The van der Waals surface area contributed by atoms with Gasteiger partial charge in [-0.15, -0.1) is 0 Å². The minimum Gasteiger partial charge on any atom is -0.434 e. The van der Waals surface area contributed by atoms with Gasteiger partial charge in [0.05, 0.1) is 6.04 Å². The van der Waals surface area contributed by atoms with Crippen LogP contribution in [0.25, 0.3) is 11.1 Å². The van der Waals surface area contributed by atoms with Crippen molar-refractivity contribution in [3.05, 3.63) is 66.1 Å². The molecule has 7 nitrogen and oxygen atoms in total. The summed E-state index contributed by atoms with van der Waals surface area (Å²) in [4.78, 5) is 43.0. The van der Waals surface area contributed by atoms with Crippen molar-refractivity contribution < 1.29 is 18.8 Å². The van der Waals surface area contributed by atoms with E-state index in [0.29, 0.717) is 36.3 Å². The largest absolute Gasteiger partial charge is 0.434 e. The van der Waals surface area contributed by atoms with Crippen molar-refractivity contribution in [2.24, 2.45) is 5.92 Å². The van der Waals surface area contributed by atoms with Crippen LogP contribution in [0.15, 0.2) is 59.0 Å². The van der Waals surface area contributed by atoms with Crippen LogP contribution in [0.5, 0.6) is 0 Å². The maximum atomic E-state index is 13.4. The lowest BCUT2D eigenvalue weighted by atomic mass is 9.84. The number of aryl methyl sites for hydroxylation is 1. The van der Waals surface area contributed by atoms with Gasteiger partial charge in [-0.1, -0.05) is 74.6 Å². The number of nitrogens with zero attached hydrogens (tertiary/aromatic N) is 1. The highest BCUT2D eigenvalue weighted by Gasteiger charge is 2.31. The second kappa shape index (κ2) is 11.8. The number of ketones is 1. The first-order valence-electron chi connectivity index (χ1n) is 12.5. The third-order valence-electron chi connectivity index (χ3n) is 6.69. The standard InChI is InChI=1S/C28H33N3O4/c1-19(32)29-24(18-21-12-6-3-7-13-21)27(34)30-23(17-16-20-10-4-2-5-11-20)26(33)28-31-22-14-8-9-15-25(22)35-28/h2,4-5,8-11,14-15,21,23-24H,3,6-7,12-13,16-18H2,1H3,(H,29,32)(H,30,34)/t23-,24-/m0/s1. The van der Waals surface area contributed by atoms with Crippen LogP contribution in [0, 0.1) is 5.92 Å². The molecule has 7 heteroatoms. The Balaban J connectivity index is 1.52. The van der Waals surface area contributed by atoms with Crippen LogP contribution >= 0.6 is 0 Å². The van der Waals surface area contributed by atoms with E-state index >= 15 is 0 Å². The van der Waals surface area contributed by atoms with E-state index in [4.69, 9.17) is 4.42 Å². The van der Waals surface area contributed by atoms with E-state index in [-0.39, 0.29) is 23.5 Å². The predicted octanol–water partition coefficient (Wildman–Crippen LogP) is 4.60. The van der Waals surface area contributed by atoms with E-state index in [1.54, 1.807) is 12.1 Å². The zero-order valence-electron chi connectivity index (χ0n) is 20.2. The predicted molar refractivity (Wildman–Crippen MR) is 134 cm³/mol. The van der Waals surface area contributed by atoms with Gasteiger partial charge >= 0.3 is 0 Å². The molecule has 3 aromatic rings. The number of aromatic nitrogens is 1. The van der Waals surface area contributed by atoms with Gasteiger partial charge in [0.1, 0.15) is 11.6 Å². The average Bonchev–Trinajstić information content (AvgIpc) is 3.31. The topological polar surface area (TPSA) is 101 Å². The molecule has 2 aromatic carbocycles. The van der Waals surface area contributed by atoms with Gasteiger partial charge in [0.25, 0.3) is 5.89 Å². The zero-order chi connectivity index (χ0) is 24.6. The highest BCUT2D eigenvalue weighted by atomic mass is 16.4. The molecule has 4 rings (SSSR count). The molecule has 184 valence electrons. The van der Waals surface area contributed by atoms with Crippen LogP contribution in [-0.4, -0.2) is 34.7 Å². The first-order valence-corrected chi connectivity index (χ1v) is 12.5. The number of amides is 2. The first-order chi connectivity index (χ1) is 17.0. The SMILES string of the molecule is CC(=O)N[C@@H](CC1CCCCC1)C(=O)N[C@@H](CCc1ccccc1)C(=O)c1nc2ccccc2o1. The van der Waals surface area contributed by atoms with Crippen LogP contribution < -0.4 is 10.6 Å². The van der Waals surface area contributed by atoms with Gasteiger partial charge in [-0.3, -0.25) is 14.4 Å². The number of para-hydroxylation sites is 2. The third kappa shape index (κ3) is 6.78. The number of fused-ring (bicyclic) bond motifs is 1. The van der Waals surface area contributed by atoms with Gasteiger partial charge in [-0.2, -0.15) is 0 Å². The molecule has 0 spiro atoms. The lowest BCUT2D eigenvalue weighted by Crippen LogP contribution is -2.52. The summed E-state index contributed by atoms with van der Waals surface area (Å²) in [6.45, 7) is 1.41. The number of carbonyl (C=O) groups excluding carboxylic acids is 3. The molecule has 0 radical (unpaired) electrons. The normalized spacial score (nSPS) is 15.9. The highest BCUT2D eigenvalue weighted by Crippen LogP contribution is 2.27. The van der Waals surface area contributed by atoms with Crippen LogP contribution in [0.1, 0.15) is 68.1 Å². The Morgan fingerprint density at radius 2 is 1.66 bits per heavy atom. The quantitative estimate of drug-likeness (QED) is 0.417. The highest BCUT2D eigenvalue weighted by molar-refractivity contribution is 6.00. The smallest absolute Gasteiger partial charge is 0.266 e. The number of hydrogen-bond donors (Lipinski definition) is 2. The maximum absolute atomic E-state index is 13.4. The van der Waals surface area contributed by atoms with Crippen molar-refractivity contribution in [3.63, 3.8) is 0 Å². The summed E-state index contributed by atoms with van der Waals surface area (Å²) in [6, 6.07) is 15.5. The van der Waals surface area contributed by atoms with Gasteiger partial charge in [-0.05, 0) is 42.9 Å². The number of oxazole rings is 1. The fraction of sp³-hybridized carbons (Fsp3) is 0.429. The van der Waals surface area contributed by atoms with Gasteiger partial charge in [-0.25, -0.2) is 4.98 Å². The Morgan fingerprint density at radius 3 is 2.37 bits per heavy atom. The number of rotatable bonds is 10. The monoisotopic (exact) mass is 475 g/mol. The van der Waals surface area contributed by atoms with Crippen molar-refractivity contribution in [1.29, 1.82) is 0 Å². The minimum atomic E-state index is -0.821. The van der Waals surface area contributed by atoms with Gasteiger partial charge in [0.15, 0.2) is 5.58 Å². The van der Waals surface area contributed by atoms with Crippen molar-refractivity contribution in [2.45, 2.75) is 70.4 Å². The molecule has 0 bridgehead atoms. The molecule has 35 heavy (non-hydrogen) atoms. The molecule has 0 saturated heterocycles.